The van der Waals surface area contributed by atoms with Gasteiger partial charge in [0.25, 0.3) is 0 Å². The number of anilines is 6. The summed E-state index contributed by atoms with van der Waals surface area (Å²) in [5.41, 5.74) is 16.6. The minimum Gasteiger partial charge on any atom is -0.310 e. The molecule has 0 atom stereocenters. The first-order valence-corrected chi connectivity index (χ1v) is 22.6. The number of nitrogens with zero attached hydrogens (tertiary/aromatic N) is 2. The topological polar surface area (TPSA) is 6.48 Å². The van der Waals surface area contributed by atoms with E-state index in [9.17, 15) is 0 Å². The average Bonchev–Trinajstić information content (AvgIpc) is 3.59. The second-order valence-electron chi connectivity index (χ2n) is 17.8. The maximum atomic E-state index is 2.47. The molecule has 0 bridgehead atoms. The van der Waals surface area contributed by atoms with Crippen molar-refractivity contribution in [3.8, 4) is 33.4 Å². The molecule has 0 radical (unpaired) electrons. The molecule has 0 saturated heterocycles. The molecule has 1 aliphatic carbocycles. The van der Waals surface area contributed by atoms with Crippen LogP contribution in [0, 0.1) is 0 Å². The summed E-state index contributed by atoms with van der Waals surface area (Å²) in [4.78, 5) is 4.86. The third kappa shape index (κ3) is 6.65. The van der Waals surface area contributed by atoms with E-state index < -0.39 is 0 Å². The van der Waals surface area contributed by atoms with E-state index in [4.69, 9.17) is 0 Å². The Kier molecular flexibility index (Phi) is 9.21. The monoisotopic (exact) mass is 830 g/mol. The summed E-state index contributed by atoms with van der Waals surface area (Å²) in [6.07, 6.45) is 0. The van der Waals surface area contributed by atoms with Crippen LogP contribution in [0.4, 0.5) is 34.1 Å². The lowest BCUT2D eigenvalue weighted by Crippen LogP contribution is -2.17. The first kappa shape index (κ1) is 38.5. The third-order valence-corrected chi connectivity index (χ3v) is 13.6. The highest BCUT2D eigenvalue weighted by Crippen LogP contribution is 2.53. The van der Waals surface area contributed by atoms with Crippen molar-refractivity contribution in [3.63, 3.8) is 0 Å². The average molecular weight is 831 g/mol. The number of fused-ring (bicyclic) bond motifs is 7. The van der Waals surface area contributed by atoms with Gasteiger partial charge in [-0.15, -0.1) is 0 Å². The Hall–Kier alpha value is -8.20. The summed E-state index contributed by atoms with van der Waals surface area (Å²) in [6, 6.07) is 88.9. The highest BCUT2D eigenvalue weighted by atomic mass is 15.1. The van der Waals surface area contributed by atoms with Crippen LogP contribution in [0.3, 0.4) is 0 Å². The van der Waals surface area contributed by atoms with Crippen molar-refractivity contribution in [2.75, 3.05) is 9.80 Å². The molecule has 0 amide bonds. The van der Waals surface area contributed by atoms with Gasteiger partial charge >= 0.3 is 0 Å². The summed E-state index contributed by atoms with van der Waals surface area (Å²) in [5.74, 6) is 0. The molecule has 0 aromatic heterocycles. The smallest absolute Gasteiger partial charge is 0.0546 e. The Morgan fingerprint density at radius 2 is 0.708 bits per heavy atom. The zero-order valence-corrected chi connectivity index (χ0v) is 36.5. The number of hydrogen-bond acceptors (Lipinski definition) is 2. The van der Waals surface area contributed by atoms with E-state index in [1.54, 1.807) is 0 Å². The molecule has 12 rings (SSSR count). The molecule has 0 N–H and O–H groups in total. The van der Waals surface area contributed by atoms with Crippen molar-refractivity contribution in [3.05, 3.63) is 254 Å². The number of rotatable bonds is 8. The molecule has 0 unspecified atom stereocenters. The van der Waals surface area contributed by atoms with Gasteiger partial charge in [0.2, 0.25) is 0 Å². The summed E-state index contributed by atoms with van der Waals surface area (Å²) in [7, 11) is 0. The molecule has 11 aromatic carbocycles. The standard InChI is InChI=1S/C63H46N2/c1-63(2)60-41-53(64(50-20-7-4-8-21-50)52-34-31-44-17-9-10-18-48(44)39-52)35-37-57(60)58-38-36-54(42-61(58)63)65(62-40-49-19-11-12-22-55(49)56-23-13-14-24-59(56)62)51-32-29-47(30-33-51)46-27-25-45(26-28-46)43-15-5-3-6-16-43/h3-42H,1-2H3. The van der Waals surface area contributed by atoms with Crippen LogP contribution in [-0.2, 0) is 5.41 Å². The van der Waals surface area contributed by atoms with Crippen LogP contribution in [0.5, 0.6) is 0 Å². The van der Waals surface area contributed by atoms with E-state index in [-0.39, 0.29) is 5.41 Å². The summed E-state index contributed by atoms with van der Waals surface area (Å²) in [6.45, 7) is 4.78. The first-order chi connectivity index (χ1) is 32.0. The van der Waals surface area contributed by atoms with Gasteiger partial charge in [-0.05, 0) is 138 Å². The molecule has 308 valence electrons. The van der Waals surface area contributed by atoms with Crippen LogP contribution in [-0.4, -0.2) is 0 Å². The Labute approximate surface area is 380 Å². The first-order valence-electron chi connectivity index (χ1n) is 22.6. The SMILES string of the molecule is CC1(C)c2cc(N(c3ccccc3)c3ccc4ccccc4c3)ccc2-c2ccc(N(c3ccc(-c4ccc(-c5ccccc5)cc4)cc3)c3cc4ccccc4c4ccccc34)cc21. The quantitative estimate of drug-likeness (QED) is 0.141. The fraction of sp³-hybridized carbons (Fsp3) is 0.0476. The van der Waals surface area contributed by atoms with Crippen LogP contribution in [0.15, 0.2) is 243 Å². The Bertz CT molecular complexity index is 3550. The van der Waals surface area contributed by atoms with Crippen LogP contribution in [0.2, 0.25) is 0 Å². The molecule has 0 saturated carbocycles. The second kappa shape index (κ2) is 15.6. The lowest BCUT2D eigenvalue weighted by molar-refractivity contribution is 0.660. The van der Waals surface area contributed by atoms with E-state index in [1.165, 1.54) is 76.8 Å². The van der Waals surface area contributed by atoms with Crippen LogP contribution >= 0.6 is 0 Å². The molecule has 2 nitrogen and oxygen atoms in total. The lowest BCUT2D eigenvalue weighted by Gasteiger charge is -2.30. The largest absolute Gasteiger partial charge is 0.310 e. The Morgan fingerprint density at radius 1 is 0.277 bits per heavy atom. The number of benzene rings is 11. The van der Waals surface area contributed by atoms with Gasteiger partial charge in [-0.2, -0.15) is 0 Å². The number of para-hydroxylation sites is 1. The second-order valence-corrected chi connectivity index (χ2v) is 17.8. The molecule has 2 heteroatoms. The predicted octanol–water partition coefficient (Wildman–Crippen LogP) is 17.7. The van der Waals surface area contributed by atoms with Crippen LogP contribution in [0.1, 0.15) is 25.0 Å². The van der Waals surface area contributed by atoms with E-state index >= 15 is 0 Å². The van der Waals surface area contributed by atoms with Crippen molar-refractivity contribution in [2.45, 2.75) is 19.3 Å². The normalized spacial score (nSPS) is 12.6. The van der Waals surface area contributed by atoms with Crippen molar-refractivity contribution in [2.24, 2.45) is 0 Å². The molecule has 0 spiro atoms. The fourth-order valence-electron chi connectivity index (χ4n) is 10.3. The van der Waals surface area contributed by atoms with Crippen LogP contribution in [0.25, 0.3) is 65.7 Å². The Balaban J connectivity index is 0.972. The zero-order valence-electron chi connectivity index (χ0n) is 36.5. The van der Waals surface area contributed by atoms with E-state index in [0.29, 0.717) is 0 Å². The van der Waals surface area contributed by atoms with Gasteiger partial charge in [0.15, 0.2) is 0 Å². The van der Waals surface area contributed by atoms with Crippen molar-refractivity contribution in [1.82, 2.24) is 0 Å². The molecule has 0 aliphatic heterocycles. The van der Waals surface area contributed by atoms with Gasteiger partial charge < -0.3 is 9.80 Å². The van der Waals surface area contributed by atoms with Gasteiger partial charge in [-0.25, -0.2) is 0 Å². The predicted molar refractivity (Wildman–Crippen MR) is 277 cm³/mol. The third-order valence-electron chi connectivity index (χ3n) is 13.6. The maximum absolute atomic E-state index is 2.47. The molecule has 65 heavy (non-hydrogen) atoms. The lowest BCUT2D eigenvalue weighted by atomic mass is 9.82. The fourth-order valence-corrected chi connectivity index (χ4v) is 10.3. The van der Waals surface area contributed by atoms with Crippen LogP contribution < -0.4 is 9.80 Å². The summed E-state index contributed by atoms with van der Waals surface area (Å²) >= 11 is 0. The summed E-state index contributed by atoms with van der Waals surface area (Å²) < 4.78 is 0. The minimum absolute atomic E-state index is 0.269. The molecule has 1 aliphatic rings. The van der Waals surface area contributed by atoms with Crippen molar-refractivity contribution < 1.29 is 0 Å². The number of hydrogen-bond donors (Lipinski definition) is 0. The molecule has 0 fully saturated rings. The van der Waals surface area contributed by atoms with Gasteiger partial charge in [-0.1, -0.05) is 190 Å². The minimum atomic E-state index is -0.269. The maximum Gasteiger partial charge on any atom is 0.0546 e. The van der Waals surface area contributed by atoms with E-state index in [1.807, 2.05) is 0 Å². The highest BCUT2D eigenvalue weighted by molar-refractivity contribution is 6.14. The van der Waals surface area contributed by atoms with Gasteiger partial charge in [-0.3, -0.25) is 0 Å². The van der Waals surface area contributed by atoms with Gasteiger partial charge in [0, 0.05) is 39.2 Å². The Morgan fingerprint density at radius 3 is 1.35 bits per heavy atom. The molecule has 11 aromatic rings. The van der Waals surface area contributed by atoms with E-state index in [2.05, 4.69) is 266 Å². The molecular formula is C63H46N2. The zero-order chi connectivity index (χ0) is 43.5. The van der Waals surface area contributed by atoms with Gasteiger partial charge in [0.1, 0.15) is 0 Å². The van der Waals surface area contributed by atoms with Crippen molar-refractivity contribution in [1.29, 1.82) is 0 Å². The summed E-state index contributed by atoms with van der Waals surface area (Å²) in [5, 5.41) is 7.41. The van der Waals surface area contributed by atoms with Crippen molar-refractivity contribution >= 4 is 66.4 Å². The van der Waals surface area contributed by atoms with E-state index in [0.717, 1.165) is 34.1 Å². The molecular weight excluding hydrogens is 785 g/mol. The van der Waals surface area contributed by atoms with Gasteiger partial charge in [0.05, 0.1) is 5.69 Å². The molecule has 0 heterocycles. The highest BCUT2D eigenvalue weighted by Gasteiger charge is 2.37.